The number of benzene rings is 8. The average Bonchev–Trinajstić information content (AvgIpc) is 3.79. The van der Waals surface area contributed by atoms with E-state index in [0.29, 0.717) is 0 Å². The molecule has 0 unspecified atom stereocenters. The number of hydrogen-bond acceptors (Lipinski definition) is 3. The number of para-hydroxylation sites is 2. The fraction of sp³-hybridized carbons (Fsp3) is 0.0597. The van der Waals surface area contributed by atoms with E-state index in [4.69, 9.17) is 15.0 Å². The number of aromatic nitrogens is 4. The molecule has 0 atom stereocenters. The molecule has 0 aliphatic rings. The summed E-state index contributed by atoms with van der Waals surface area (Å²) in [5.41, 5.74) is 21.0. The minimum atomic E-state index is 0. The molecule has 0 saturated carbocycles. The van der Waals surface area contributed by atoms with E-state index < -0.39 is 0 Å². The molecule has 72 heavy (non-hydrogen) atoms. The van der Waals surface area contributed by atoms with Gasteiger partial charge in [0.1, 0.15) is 0 Å². The first kappa shape index (κ1) is 46.1. The van der Waals surface area contributed by atoms with Crippen LogP contribution >= 0.6 is 0 Å². The van der Waals surface area contributed by atoms with Gasteiger partial charge in [-0.1, -0.05) is 121 Å². The molecule has 12 rings (SSSR count). The SMILES string of the molecule is [Ir+3].[c-]1ccccc1-c1ccc(CCc2cc(CCc3ccc(-c4[c-]cccc4)nc3)cc(-c3ccccc3-c3cnc(-c4[c-]cccc4)cc3-c3ccc(-n4c5ccccc5c5ccccc54)cc3)c2)cn1. The van der Waals surface area contributed by atoms with E-state index in [1.54, 1.807) is 0 Å². The third-order valence-corrected chi connectivity index (χ3v) is 13.5. The summed E-state index contributed by atoms with van der Waals surface area (Å²) in [6.45, 7) is 0. The Kier molecular flexibility index (Phi) is 13.4. The summed E-state index contributed by atoms with van der Waals surface area (Å²) in [5.74, 6) is 0. The van der Waals surface area contributed by atoms with Crippen molar-refractivity contribution >= 4 is 21.8 Å². The molecule has 0 N–H and O–H groups in total. The van der Waals surface area contributed by atoms with Crippen LogP contribution in [0.25, 0.3) is 94.6 Å². The molecular weight excluding hydrogens is 1050 g/mol. The first-order valence-electron chi connectivity index (χ1n) is 24.3. The average molecular weight is 1100 g/mol. The van der Waals surface area contributed by atoms with Crippen LogP contribution in [0.3, 0.4) is 0 Å². The number of fused-ring (bicyclic) bond motifs is 3. The molecule has 4 heterocycles. The molecule has 0 amide bonds. The van der Waals surface area contributed by atoms with Crippen molar-refractivity contribution in [3.8, 4) is 72.8 Å². The van der Waals surface area contributed by atoms with Gasteiger partial charge in [-0.25, -0.2) is 0 Å². The smallest absolute Gasteiger partial charge is 0.309 e. The standard InChI is InChI=1S/C67H47N4.Ir/c1-4-16-52(17-5-1)63-38-32-47(44-68-63)28-30-49-40-50(31-29-48-33-39-64(69-45-48)53-18-6-2-7-19-53)42-55(41-49)57-22-10-11-23-58(57)62-46-70-65(54-20-8-3-9-21-54)43-61(62)51-34-36-56(37-35-51)71-66-26-14-12-24-59(66)60-25-13-15-27-67(60)71;/h1-16,18,20,22-27,32-46H,28-31H2;/q-3;+3. The van der Waals surface area contributed by atoms with Gasteiger partial charge in [0.15, 0.2) is 0 Å². The molecule has 0 aliphatic carbocycles. The molecule has 8 aromatic carbocycles. The van der Waals surface area contributed by atoms with E-state index >= 15 is 0 Å². The molecule has 0 fully saturated rings. The minimum Gasteiger partial charge on any atom is -0.309 e. The summed E-state index contributed by atoms with van der Waals surface area (Å²) >= 11 is 0. The van der Waals surface area contributed by atoms with Gasteiger partial charge < -0.3 is 19.5 Å². The minimum absolute atomic E-state index is 0. The van der Waals surface area contributed by atoms with Gasteiger partial charge in [0, 0.05) is 40.6 Å². The second-order valence-electron chi connectivity index (χ2n) is 18.0. The zero-order valence-electron chi connectivity index (χ0n) is 39.5. The molecule has 0 aliphatic heterocycles. The topological polar surface area (TPSA) is 43.6 Å². The van der Waals surface area contributed by atoms with Crippen molar-refractivity contribution in [3.63, 3.8) is 0 Å². The molecule has 5 heteroatoms. The van der Waals surface area contributed by atoms with Gasteiger partial charge in [-0.3, -0.25) is 0 Å². The van der Waals surface area contributed by atoms with Crippen molar-refractivity contribution in [2.45, 2.75) is 25.7 Å². The van der Waals surface area contributed by atoms with Gasteiger partial charge in [0.25, 0.3) is 0 Å². The Morgan fingerprint density at radius 2 is 0.806 bits per heavy atom. The second kappa shape index (κ2) is 20.9. The Morgan fingerprint density at radius 1 is 0.333 bits per heavy atom. The van der Waals surface area contributed by atoms with E-state index in [2.05, 4.69) is 193 Å². The van der Waals surface area contributed by atoms with Crippen LogP contribution in [0.5, 0.6) is 0 Å². The first-order valence-corrected chi connectivity index (χ1v) is 24.3. The van der Waals surface area contributed by atoms with E-state index in [1.165, 1.54) is 49.6 Å². The van der Waals surface area contributed by atoms with Crippen LogP contribution in [-0.2, 0) is 45.8 Å². The van der Waals surface area contributed by atoms with Crippen LogP contribution in [0.4, 0.5) is 0 Å². The Morgan fingerprint density at radius 3 is 1.32 bits per heavy atom. The van der Waals surface area contributed by atoms with Crippen molar-refractivity contribution in [2.24, 2.45) is 0 Å². The molecule has 0 bridgehead atoms. The van der Waals surface area contributed by atoms with Crippen LogP contribution in [0.1, 0.15) is 22.3 Å². The third-order valence-electron chi connectivity index (χ3n) is 13.5. The predicted molar refractivity (Wildman–Crippen MR) is 291 cm³/mol. The van der Waals surface area contributed by atoms with Crippen LogP contribution in [-0.4, -0.2) is 19.5 Å². The van der Waals surface area contributed by atoms with Crippen molar-refractivity contribution in [1.29, 1.82) is 0 Å². The summed E-state index contributed by atoms with van der Waals surface area (Å²) in [5, 5.41) is 2.50. The van der Waals surface area contributed by atoms with Crippen LogP contribution in [0.15, 0.2) is 237 Å². The predicted octanol–water partition coefficient (Wildman–Crippen LogP) is 15.9. The number of rotatable bonds is 13. The van der Waals surface area contributed by atoms with Gasteiger partial charge in [0.2, 0.25) is 0 Å². The fourth-order valence-corrected chi connectivity index (χ4v) is 9.92. The maximum absolute atomic E-state index is 5.13. The van der Waals surface area contributed by atoms with Crippen molar-refractivity contribution < 1.29 is 20.1 Å². The van der Waals surface area contributed by atoms with Crippen molar-refractivity contribution in [3.05, 3.63) is 277 Å². The summed E-state index contributed by atoms with van der Waals surface area (Å²) in [4.78, 5) is 14.8. The largest absolute Gasteiger partial charge is 3.00 e. The molecule has 0 saturated heterocycles. The summed E-state index contributed by atoms with van der Waals surface area (Å²) in [7, 11) is 0. The van der Waals surface area contributed by atoms with Crippen molar-refractivity contribution in [2.75, 3.05) is 0 Å². The van der Waals surface area contributed by atoms with Gasteiger partial charge in [-0.15, -0.1) is 108 Å². The Labute approximate surface area is 434 Å². The quantitative estimate of drug-likeness (QED) is 0.108. The molecule has 12 aromatic rings. The zero-order valence-corrected chi connectivity index (χ0v) is 41.9. The monoisotopic (exact) mass is 1100 g/mol. The molecule has 344 valence electrons. The fourth-order valence-electron chi connectivity index (χ4n) is 9.92. The zero-order chi connectivity index (χ0) is 47.3. The normalized spacial score (nSPS) is 11.2. The number of aryl methyl sites for hydroxylation is 4. The second-order valence-corrected chi connectivity index (χ2v) is 18.0. The van der Waals surface area contributed by atoms with Crippen molar-refractivity contribution in [1.82, 2.24) is 19.5 Å². The molecule has 4 nitrogen and oxygen atoms in total. The maximum atomic E-state index is 5.13. The summed E-state index contributed by atoms with van der Waals surface area (Å²) in [6.07, 6.45) is 9.58. The number of pyridine rings is 3. The van der Waals surface area contributed by atoms with E-state index in [-0.39, 0.29) is 20.1 Å². The van der Waals surface area contributed by atoms with Gasteiger partial charge >= 0.3 is 20.1 Å². The number of hydrogen-bond donors (Lipinski definition) is 0. The van der Waals surface area contributed by atoms with E-state index in [1.807, 2.05) is 67.0 Å². The maximum Gasteiger partial charge on any atom is 3.00 e. The first-order chi connectivity index (χ1) is 35.2. The molecule has 0 spiro atoms. The van der Waals surface area contributed by atoms with Gasteiger partial charge in [-0.2, -0.15) is 0 Å². The van der Waals surface area contributed by atoms with E-state index in [9.17, 15) is 0 Å². The van der Waals surface area contributed by atoms with Crippen LogP contribution in [0, 0.1) is 18.2 Å². The molecular formula is C67H47IrN4. The molecule has 4 aromatic heterocycles. The van der Waals surface area contributed by atoms with E-state index in [0.717, 1.165) is 93.0 Å². The number of nitrogens with zero attached hydrogens (tertiary/aromatic N) is 4. The van der Waals surface area contributed by atoms with Crippen LogP contribution < -0.4 is 0 Å². The Balaban J connectivity index is 0.00000560. The van der Waals surface area contributed by atoms with Gasteiger partial charge in [-0.05, 0) is 117 Å². The summed E-state index contributed by atoms with van der Waals surface area (Å²) < 4.78 is 2.37. The summed E-state index contributed by atoms with van der Waals surface area (Å²) in [6, 6.07) is 87.3. The van der Waals surface area contributed by atoms with Gasteiger partial charge in [0.05, 0.1) is 11.0 Å². The third kappa shape index (κ3) is 9.61. The Bertz CT molecular complexity index is 3620. The Hall–Kier alpha value is -8.34. The molecule has 0 radical (unpaired) electrons. The van der Waals surface area contributed by atoms with Crippen LogP contribution in [0.2, 0.25) is 0 Å².